The molecule has 2 heterocycles. The van der Waals surface area contributed by atoms with Crippen LogP contribution in [-0.2, 0) is 0 Å². The third-order valence-corrected chi connectivity index (χ3v) is 5.33. The van der Waals surface area contributed by atoms with Crippen molar-refractivity contribution in [3.05, 3.63) is 5.56 Å². The lowest BCUT2D eigenvalue weighted by Gasteiger charge is -2.32. The second-order valence-corrected chi connectivity index (χ2v) is 6.17. The van der Waals surface area contributed by atoms with Crippen molar-refractivity contribution in [2.24, 2.45) is 5.92 Å². The van der Waals surface area contributed by atoms with Gasteiger partial charge in [-0.3, -0.25) is 4.79 Å². The minimum Gasteiger partial charge on any atom is -0.382 e. The molecule has 1 aliphatic heterocycles. The van der Waals surface area contributed by atoms with Crippen molar-refractivity contribution in [1.82, 2.24) is 9.69 Å². The van der Waals surface area contributed by atoms with Crippen LogP contribution in [0.1, 0.15) is 42.5 Å². The van der Waals surface area contributed by atoms with Gasteiger partial charge in [0.2, 0.25) is 0 Å². The number of nitrogens with zero attached hydrogens (tertiary/aromatic N) is 2. The Balaban J connectivity index is 1.92. The number of carbonyl (C=O) groups is 1. The average molecular weight is 280 g/mol. The summed E-state index contributed by atoms with van der Waals surface area (Å²) in [6.07, 6.45) is 6.43. The highest BCUT2D eigenvalue weighted by Crippen LogP contribution is 2.42. The summed E-state index contributed by atoms with van der Waals surface area (Å²) < 4.78 is 4.18. The van der Waals surface area contributed by atoms with E-state index in [0.29, 0.717) is 17.4 Å². The maximum absolute atomic E-state index is 12.0. The van der Waals surface area contributed by atoms with Gasteiger partial charge in [0.1, 0.15) is 10.6 Å². The first-order valence-corrected chi connectivity index (χ1v) is 7.73. The molecular weight excluding hydrogens is 260 g/mol. The van der Waals surface area contributed by atoms with Crippen LogP contribution in [0, 0.1) is 5.92 Å². The molecule has 19 heavy (non-hydrogen) atoms. The normalized spacial score (nSPS) is 26.3. The van der Waals surface area contributed by atoms with E-state index in [2.05, 4.69) is 14.6 Å². The summed E-state index contributed by atoms with van der Waals surface area (Å²) in [4.78, 5) is 14.4. The number of hydrogen-bond acceptors (Lipinski definition) is 5. The Kier molecular flexibility index (Phi) is 3.35. The maximum atomic E-state index is 12.0. The van der Waals surface area contributed by atoms with Crippen LogP contribution in [0.2, 0.25) is 0 Å². The number of carbonyl (C=O) groups excluding carboxylic acids is 1. The second kappa shape index (κ2) is 5.00. The Labute approximate surface area is 117 Å². The molecule has 0 aromatic carbocycles. The fourth-order valence-corrected chi connectivity index (χ4v) is 4.38. The predicted molar refractivity (Wildman–Crippen MR) is 77.6 cm³/mol. The number of fused-ring (bicyclic) bond motifs is 1. The van der Waals surface area contributed by atoms with Gasteiger partial charge in [0, 0.05) is 19.6 Å². The molecule has 1 aromatic rings. The molecule has 2 fully saturated rings. The molecule has 0 bridgehead atoms. The van der Waals surface area contributed by atoms with Crippen molar-refractivity contribution in [2.75, 3.05) is 24.2 Å². The number of nitrogens with two attached hydrogens (primary N) is 1. The lowest BCUT2D eigenvalue weighted by atomic mass is 9.85. The molecule has 3 rings (SSSR count). The van der Waals surface area contributed by atoms with Gasteiger partial charge in [0.25, 0.3) is 5.91 Å². The number of hydrogen-bond donors (Lipinski definition) is 2. The summed E-state index contributed by atoms with van der Waals surface area (Å²) >= 11 is 1.36. The van der Waals surface area contributed by atoms with Crippen LogP contribution in [0.3, 0.4) is 0 Å². The number of nitrogen functional groups attached to an aromatic ring is 1. The van der Waals surface area contributed by atoms with Gasteiger partial charge in [0.15, 0.2) is 5.82 Å². The van der Waals surface area contributed by atoms with Crippen LogP contribution in [0.15, 0.2) is 0 Å². The van der Waals surface area contributed by atoms with E-state index in [4.69, 9.17) is 5.73 Å². The Morgan fingerprint density at radius 1 is 1.42 bits per heavy atom. The molecule has 1 amide bonds. The van der Waals surface area contributed by atoms with E-state index in [1.54, 1.807) is 7.05 Å². The zero-order chi connectivity index (χ0) is 13.4. The standard InChI is InChI=1S/C13H20N4OS/c1-15-12(18)10-11(14)16-19-13(10)17-7-6-8-4-2-3-5-9(8)17/h8-9H,2-7H2,1H3,(H2,14,16)(H,15,18). The number of amides is 1. The molecule has 1 saturated carbocycles. The summed E-state index contributed by atoms with van der Waals surface area (Å²) in [5.74, 6) is 1.02. The lowest BCUT2D eigenvalue weighted by molar-refractivity contribution is 0.0964. The van der Waals surface area contributed by atoms with E-state index < -0.39 is 0 Å². The highest BCUT2D eigenvalue weighted by molar-refractivity contribution is 7.11. The Hall–Kier alpha value is -1.30. The van der Waals surface area contributed by atoms with E-state index in [1.165, 1.54) is 43.6 Å². The summed E-state index contributed by atoms with van der Waals surface area (Å²) in [5, 5.41) is 3.63. The van der Waals surface area contributed by atoms with E-state index in [0.717, 1.165) is 17.5 Å². The average Bonchev–Trinajstić information content (AvgIpc) is 3.01. The molecule has 2 aliphatic rings. The summed E-state index contributed by atoms with van der Waals surface area (Å²) in [6, 6.07) is 0.581. The molecule has 5 nitrogen and oxygen atoms in total. The third kappa shape index (κ3) is 2.08. The molecule has 1 aromatic heterocycles. The van der Waals surface area contributed by atoms with Crippen LogP contribution >= 0.6 is 11.5 Å². The van der Waals surface area contributed by atoms with Gasteiger partial charge in [-0.15, -0.1) is 0 Å². The SMILES string of the molecule is CNC(=O)c1c(N)nsc1N1CCC2CCCCC21. The molecule has 1 aliphatic carbocycles. The van der Waals surface area contributed by atoms with E-state index >= 15 is 0 Å². The maximum Gasteiger partial charge on any atom is 0.257 e. The van der Waals surface area contributed by atoms with Crippen LogP contribution in [0.25, 0.3) is 0 Å². The number of aromatic nitrogens is 1. The number of rotatable bonds is 2. The third-order valence-electron chi connectivity index (χ3n) is 4.43. The first-order valence-electron chi connectivity index (χ1n) is 6.96. The molecule has 2 unspecified atom stereocenters. The van der Waals surface area contributed by atoms with Crippen molar-refractivity contribution >= 4 is 28.3 Å². The molecular formula is C13H20N4OS. The summed E-state index contributed by atoms with van der Waals surface area (Å²) in [6.45, 7) is 1.03. The minimum atomic E-state index is -0.125. The highest BCUT2D eigenvalue weighted by atomic mass is 32.1. The molecule has 3 N–H and O–H groups in total. The van der Waals surface area contributed by atoms with Gasteiger partial charge in [-0.2, -0.15) is 4.37 Å². The smallest absolute Gasteiger partial charge is 0.257 e. The van der Waals surface area contributed by atoms with Gasteiger partial charge in [0.05, 0.1) is 0 Å². The monoisotopic (exact) mass is 280 g/mol. The van der Waals surface area contributed by atoms with Gasteiger partial charge >= 0.3 is 0 Å². The summed E-state index contributed by atoms with van der Waals surface area (Å²) in [7, 11) is 1.64. The van der Waals surface area contributed by atoms with Crippen molar-refractivity contribution in [3.63, 3.8) is 0 Å². The fourth-order valence-electron chi connectivity index (χ4n) is 3.49. The van der Waals surface area contributed by atoms with Gasteiger partial charge in [-0.1, -0.05) is 12.8 Å². The Morgan fingerprint density at radius 3 is 3.00 bits per heavy atom. The molecule has 104 valence electrons. The molecule has 6 heteroatoms. The first kappa shape index (κ1) is 12.7. The summed E-state index contributed by atoms with van der Waals surface area (Å²) in [5.41, 5.74) is 6.43. The van der Waals surface area contributed by atoms with Crippen LogP contribution < -0.4 is 16.0 Å². The molecule has 0 radical (unpaired) electrons. The van der Waals surface area contributed by atoms with E-state index in [1.807, 2.05) is 0 Å². The quantitative estimate of drug-likeness (QED) is 0.867. The molecule has 0 spiro atoms. The minimum absolute atomic E-state index is 0.125. The predicted octanol–water partition coefficient (Wildman–Crippen LogP) is 1.85. The number of anilines is 2. The van der Waals surface area contributed by atoms with Crippen molar-refractivity contribution in [2.45, 2.75) is 38.1 Å². The fraction of sp³-hybridized carbons (Fsp3) is 0.692. The molecule has 2 atom stereocenters. The van der Waals surface area contributed by atoms with Crippen molar-refractivity contribution in [3.8, 4) is 0 Å². The largest absolute Gasteiger partial charge is 0.382 e. The first-order chi connectivity index (χ1) is 9.22. The highest BCUT2D eigenvalue weighted by Gasteiger charge is 2.38. The van der Waals surface area contributed by atoms with E-state index in [9.17, 15) is 4.79 Å². The number of nitrogens with one attached hydrogen (secondary N) is 1. The zero-order valence-corrected chi connectivity index (χ0v) is 12.0. The van der Waals surface area contributed by atoms with E-state index in [-0.39, 0.29) is 5.91 Å². The topological polar surface area (TPSA) is 71.2 Å². The van der Waals surface area contributed by atoms with Crippen LogP contribution in [0.4, 0.5) is 10.8 Å². The van der Waals surface area contributed by atoms with Gasteiger partial charge in [-0.25, -0.2) is 0 Å². The van der Waals surface area contributed by atoms with Crippen LogP contribution in [-0.4, -0.2) is 29.9 Å². The molecule has 1 saturated heterocycles. The Morgan fingerprint density at radius 2 is 2.21 bits per heavy atom. The van der Waals surface area contributed by atoms with Crippen molar-refractivity contribution in [1.29, 1.82) is 0 Å². The zero-order valence-electron chi connectivity index (χ0n) is 11.2. The van der Waals surface area contributed by atoms with Crippen LogP contribution in [0.5, 0.6) is 0 Å². The lowest BCUT2D eigenvalue weighted by Crippen LogP contribution is -2.35. The van der Waals surface area contributed by atoms with Gasteiger partial charge < -0.3 is 16.0 Å². The van der Waals surface area contributed by atoms with Crippen molar-refractivity contribution < 1.29 is 4.79 Å². The van der Waals surface area contributed by atoms with Gasteiger partial charge in [-0.05, 0) is 36.7 Å². The second-order valence-electron chi connectivity index (χ2n) is 5.42. The Bertz CT molecular complexity index is 487.